The SMILES string of the molecule is CCCCCCCC1CCC1NCCCNCC. The molecular weight excluding hydrogens is 220 g/mol. The number of hydrogen-bond donors (Lipinski definition) is 2. The van der Waals surface area contributed by atoms with Gasteiger partial charge in [0.05, 0.1) is 0 Å². The predicted molar refractivity (Wildman–Crippen MR) is 81.1 cm³/mol. The first kappa shape index (κ1) is 16.0. The zero-order valence-corrected chi connectivity index (χ0v) is 12.6. The van der Waals surface area contributed by atoms with Gasteiger partial charge < -0.3 is 10.6 Å². The Kier molecular flexibility index (Phi) is 9.59. The molecule has 1 fully saturated rings. The van der Waals surface area contributed by atoms with E-state index in [1.807, 2.05) is 0 Å². The van der Waals surface area contributed by atoms with Crippen molar-refractivity contribution in [2.45, 2.75) is 77.7 Å². The van der Waals surface area contributed by atoms with E-state index in [9.17, 15) is 0 Å². The fraction of sp³-hybridized carbons (Fsp3) is 1.00. The molecule has 2 atom stereocenters. The molecule has 0 aromatic rings. The van der Waals surface area contributed by atoms with E-state index in [1.165, 1.54) is 64.3 Å². The summed E-state index contributed by atoms with van der Waals surface area (Å²) < 4.78 is 0. The fourth-order valence-electron chi connectivity index (χ4n) is 2.87. The van der Waals surface area contributed by atoms with Gasteiger partial charge >= 0.3 is 0 Å². The van der Waals surface area contributed by atoms with Gasteiger partial charge in [-0.25, -0.2) is 0 Å². The van der Waals surface area contributed by atoms with E-state index in [0.717, 1.165) is 25.0 Å². The minimum Gasteiger partial charge on any atom is -0.317 e. The highest BCUT2D eigenvalue weighted by Gasteiger charge is 2.29. The summed E-state index contributed by atoms with van der Waals surface area (Å²) in [5.41, 5.74) is 0. The van der Waals surface area contributed by atoms with E-state index in [4.69, 9.17) is 0 Å². The average Bonchev–Trinajstić information content (AvgIpc) is 2.36. The molecule has 0 saturated heterocycles. The van der Waals surface area contributed by atoms with Gasteiger partial charge in [-0.05, 0) is 51.2 Å². The van der Waals surface area contributed by atoms with E-state index in [-0.39, 0.29) is 0 Å². The van der Waals surface area contributed by atoms with Gasteiger partial charge in [-0.15, -0.1) is 0 Å². The molecule has 0 radical (unpaired) electrons. The lowest BCUT2D eigenvalue weighted by Crippen LogP contribution is -2.44. The zero-order valence-electron chi connectivity index (χ0n) is 12.6. The van der Waals surface area contributed by atoms with Crippen LogP contribution in [0.5, 0.6) is 0 Å². The van der Waals surface area contributed by atoms with Crippen LogP contribution < -0.4 is 10.6 Å². The summed E-state index contributed by atoms with van der Waals surface area (Å²) in [5, 5.41) is 7.12. The molecule has 1 rings (SSSR count). The lowest BCUT2D eigenvalue weighted by Gasteiger charge is -2.37. The Balaban J connectivity index is 1.89. The van der Waals surface area contributed by atoms with Crippen LogP contribution in [0.1, 0.15) is 71.6 Å². The summed E-state index contributed by atoms with van der Waals surface area (Å²) in [7, 11) is 0. The Hall–Kier alpha value is -0.0800. The summed E-state index contributed by atoms with van der Waals surface area (Å²) >= 11 is 0. The van der Waals surface area contributed by atoms with E-state index in [1.54, 1.807) is 0 Å². The molecule has 0 bridgehead atoms. The van der Waals surface area contributed by atoms with E-state index in [2.05, 4.69) is 24.5 Å². The molecule has 1 aliphatic carbocycles. The van der Waals surface area contributed by atoms with E-state index >= 15 is 0 Å². The van der Waals surface area contributed by atoms with Gasteiger partial charge in [0.2, 0.25) is 0 Å². The maximum Gasteiger partial charge on any atom is 0.00954 e. The monoisotopic (exact) mass is 254 g/mol. The Morgan fingerprint density at radius 3 is 2.39 bits per heavy atom. The predicted octanol–water partition coefficient (Wildman–Crippen LogP) is 3.71. The summed E-state index contributed by atoms with van der Waals surface area (Å²) in [4.78, 5) is 0. The number of rotatable bonds is 12. The Bertz CT molecular complexity index is 162. The van der Waals surface area contributed by atoms with E-state index in [0.29, 0.717) is 0 Å². The van der Waals surface area contributed by atoms with Crippen molar-refractivity contribution in [3.8, 4) is 0 Å². The van der Waals surface area contributed by atoms with Crippen LogP contribution >= 0.6 is 0 Å². The molecular formula is C16H34N2. The third-order valence-electron chi connectivity index (χ3n) is 4.28. The number of nitrogens with one attached hydrogen (secondary N) is 2. The molecule has 0 amide bonds. The summed E-state index contributed by atoms with van der Waals surface area (Å²) in [6.45, 7) is 7.93. The van der Waals surface area contributed by atoms with Crippen molar-refractivity contribution in [2.24, 2.45) is 5.92 Å². The first-order valence-electron chi connectivity index (χ1n) is 8.32. The molecule has 1 aliphatic rings. The molecule has 0 spiro atoms. The van der Waals surface area contributed by atoms with Crippen molar-refractivity contribution in [1.29, 1.82) is 0 Å². The van der Waals surface area contributed by atoms with Gasteiger partial charge in [0, 0.05) is 6.04 Å². The van der Waals surface area contributed by atoms with Gasteiger partial charge in [-0.3, -0.25) is 0 Å². The first-order chi connectivity index (χ1) is 8.88. The highest BCUT2D eigenvalue weighted by Crippen LogP contribution is 2.32. The Labute approximate surface area is 114 Å². The largest absolute Gasteiger partial charge is 0.317 e. The molecule has 0 aliphatic heterocycles. The van der Waals surface area contributed by atoms with Gasteiger partial charge in [0.25, 0.3) is 0 Å². The van der Waals surface area contributed by atoms with Crippen LogP contribution in [0.4, 0.5) is 0 Å². The molecule has 2 nitrogen and oxygen atoms in total. The topological polar surface area (TPSA) is 24.1 Å². The second-order valence-corrected chi connectivity index (χ2v) is 5.81. The van der Waals surface area contributed by atoms with Crippen LogP contribution in [0.2, 0.25) is 0 Å². The zero-order chi connectivity index (χ0) is 13.1. The van der Waals surface area contributed by atoms with Crippen molar-refractivity contribution in [3.05, 3.63) is 0 Å². The second-order valence-electron chi connectivity index (χ2n) is 5.81. The Morgan fingerprint density at radius 1 is 0.889 bits per heavy atom. The van der Waals surface area contributed by atoms with Crippen molar-refractivity contribution in [2.75, 3.05) is 19.6 Å². The van der Waals surface area contributed by atoms with Gasteiger partial charge in [0.1, 0.15) is 0 Å². The maximum atomic E-state index is 3.74. The summed E-state index contributed by atoms with van der Waals surface area (Å²) in [5.74, 6) is 0.991. The van der Waals surface area contributed by atoms with Crippen LogP contribution in [-0.2, 0) is 0 Å². The average molecular weight is 254 g/mol. The number of unbranched alkanes of at least 4 members (excludes halogenated alkanes) is 4. The minimum atomic E-state index is 0.845. The van der Waals surface area contributed by atoms with Crippen LogP contribution in [0.25, 0.3) is 0 Å². The molecule has 108 valence electrons. The van der Waals surface area contributed by atoms with Gasteiger partial charge in [0.15, 0.2) is 0 Å². The third kappa shape index (κ3) is 6.75. The molecule has 2 N–H and O–H groups in total. The lowest BCUT2D eigenvalue weighted by atomic mass is 9.76. The summed E-state index contributed by atoms with van der Waals surface area (Å²) in [6.07, 6.45) is 12.8. The van der Waals surface area contributed by atoms with Crippen LogP contribution in [-0.4, -0.2) is 25.7 Å². The molecule has 0 heterocycles. The van der Waals surface area contributed by atoms with Gasteiger partial charge in [-0.2, -0.15) is 0 Å². The van der Waals surface area contributed by atoms with Crippen LogP contribution in [0.3, 0.4) is 0 Å². The van der Waals surface area contributed by atoms with E-state index < -0.39 is 0 Å². The van der Waals surface area contributed by atoms with Crippen molar-refractivity contribution < 1.29 is 0 Å². The first-order valence-corrected chi connectivity index (χ1v) is 8.32. The smallest absolute Gasteiger partial charge is 0.00954 e. The molecule has 0 aromatic carbocycles. The molecule has 2 heteroatoms. The Morgan fingerprint density at radius 2 is 1.72 bits per heavy atom. The van der Waals surface area contributed by atoms with Crippen LogP contribution in [0, 0.1) is 5.92 Å². The third-order valence-corrected chi connectivity index (χ3v) is 4.28. The van der Waals surface area contributed by atoms with Crippen LogP contribution in [0.15, 0.2) is 0 Å². The normalized spacial score (nSPS) is 23.0. The molecule has 2 unspecified atom stereocenters. The lowest BCUT2D eigenvalue weighted by molar-refractivity contribution is 0.192. The van der Waals surface area contributed by atoms with Crippen molar-refractivity contribution in [3.63, 3.8) is 0 Å². The second kappa shape index (κ2) is 10.8. The maximum absolute atomic E-state index is 3.74. The van der Waals surface area contributed by atoms with Gasteiger partial charge in [-0.1, -0.05) is 46.0 Å². The minimum absolute atomic E-state index is 0.845. The quantitative estimate of drug-likeness (QED) is 0.519. The molecule has 18 heavy (non-hydrogen) atoms. The summed E-state index contributed by atoms with van der Waals surface area (Å²) in [6, 6.07) is 0.845. The number of hydrogen-bond acceptors (Lipinski definition) is 2. The van der Waals surface area contributed by atoms with Crippen molar-refractivity contribution in [1.82, 2.24) is 10.6 Å². The molecule has 0 aromatic heterocycles. The van der Waals surface area contributed by atoms with Crippen molar-refractivity contribution >= 4 is 0 Å². The highest BCUT2D eigenvalue weighted by atomic mass is 14.9. The molecule has 1 saturated carbocycles. The highest BCUT2D eigenvalue weighted by molar-refractivity contribution is 4.86. The fourth-order valence-corrected chi connectivity index (χ4v) is 2.87. The standard InChI is InChI=1S/C16H34N2/c1-3-5-6-7-8-10-15-11-12-16(15)18-14-9-13-17-4-2/h15-18H,3-14H2,1-2H3.